The molecule has 1 aliphatic heterocycles. The first-order chi connectivity index (χ1) is 13.6. The van der Waals surface area contributed by atoms with Crippen LogP contribution in [0, 0.1) is 0 Å². The van der Waals surface area contributed by atoms with Crippen molar-refractivity contribution in [2.75, 3.05) is 25.1 Å². The molecule has 0 atom stereocenters. The van der Waals surface area contributed by atoms with E-state index in [2.05, 4.69) is 11.4 Å². The number of hydrogen-bond acceptors (Lipinski definition) is 4. The lowest BCUT2D eigenvalue weighted by Gasteiger charge is -2.32. The van der Waals surface area contributed by atoms with Crippen LogP contribution in [0.5, 0.6) is 0 Å². The fourth-order valence-electron chi connectivity index (χ4n) is 3.84. The van der Waals surface area contributed by atoms with Crippen molar-refractivity contribution < 1.29 is 9.59 Å². The van der Waals surface area contributed by atoms with Gasteiger partial charge in [-0.05, 0) is 44.6 Å². The molecule has 2 rings (SSSR count). The number of carbonyl (C=O) groups excluding carboxylic acids is 2. The van der Waals surface area contributed by atoms with E-state index in [9.17, 15) is 9.59 Å². The Kier molecular flexibility index (Phi) is 10.7. The lowest BCUT2D eigenvalue weighted by molar-refractivity contribution is -0.132. The van der Waals surface area contributed by atoms with Crippen molar-refractivity contribution in [2.24, 2.45) is 0 Å². The van der Waals surface area contributed by atoms with Crippen molar-refractivity contribution in [1.29, 1.82) is 0 Å². The van der Waals surface area contributed by atoms with E-state index in [0.29, 0.717) is 23.9 Å². The molecular formula is C22H37N3O2S. The summed E-state index contributed by atoms with van der Waals surface area (Å²) in [5, 5.41) is 4.33. The van der Waals surface area contributed by atoms with E-state index >= 15 is 0 Å². The van der Waals surface area contributed by atoms with E-state index in [1.165, 1.54) is 50.7 Å². The zero-order valence-electron chi connectivity index (χ0n) is 17.7. The second-order valence-corrected chi connectivity index (χ2v) is 8.93. The van der Waals surface area contributed by atoms with Crippen LogP contribution in [0.2, 0.25) is 0 Å². The molecule has 1 aliphatic rings. The third-order valence-electron chi connectivity index (χ3n) is 5.69. The number of carbonyl (C=O) groups is 2. The van der Waals surface area contributed by atoms with Gasteiger partial charge in [-0.15, -0.1) is 0 Å². The van der Waals surface area contributed by atoms with Crippen LogP contribution in [0.25, 0.3) is 0 Å². The zero-order chi connectivity index (χ0) is 20.2. The van der Waals surface area contributed by atoms with E-state index in [1.54, 1.807) is 13.1 Å². The van der Waals surface area contributed by atoms with Gasteiger partial charge in [0.05, 0.1) is 17.8 Å². The molecule has 0 spiro atoms. The van der Waals surface area contributed by atoms with Gasteiger partial charge in [0.25, 0.3) is 0 Å². The SMILES string of the molecule is CSCCCCCCCCCCC(=O)N1CCC(n2cc(C(C)=O)cn2)CC1. The number of ketones is 1. The summed E-state index contributed by atoms with van der Waals surface area (Å²) in [7, 11) is 0. The van der Waals surface area contributed by atoms with E-state index < -0.39 is 0 Å². The quantitative estimate of drug-likeness (QED) is 0.336. The van der Waals surface area contributed by atoms with Crippen LogP contribution in [-0.2, 0) is 4.79 Å². The van der Waals surface area contributed by atoms with Gasteiger partial charge < -0.3 is 4.90 Å². The Balaban J connectivity index is 1.53. The Labute approximate surface area is 174 Å². The number of hydrogen-bond donors (Lipinski definition) is 0. The standard InChI is InChI=1S/C22H37N3O2S/c1-19(26)20-17-23-25(18-20)21-12-14-24(15-13-21)22(27)11-9-7-5-3-4-6-8-10-16-28-2/h17-18,21H,3-16H2,1-2H3. The monoisotopic (exact) mass is 407 g/mol. The first-order valence-corrected chi connectivity index (χ1v) is 12.3. The summed E-state index contributed by atoms with van der Waals surface area (Å²) < 4.78 is 1.90. The van der Waals surface area contributed by atoms with Gasteiger partial charge in [0.15, 0.2) is 5.78 Å². The van der Waals surface area contributed by atoms with Gasteiger partial charge in [0.2, 0.25) is 5.91 Å². The predicted octanol–water partition coefficient (Wildman–Crippen LogP) is 5.12. The molecule has 0 unspecified atom stereocenters. The molecule has 6 heteroatoms. The van der Waals surface area contributed by atoms with Crippen molar-refractivity contribution in [1.82, 2.24) is 14.7 Å². The van der Waals surface area contributed by atoms with Crippen molar-refractivity contribution in [3.63, 3.8) is 0 Å². The summed E-state index contributed by atoms with van der Waals surface area (Å²) >= 11 is 1.94. The number of Topliss-reactive ketones (excluding diaryl/α,β-unsaturated/α-hetero) is 1. The van der Waals surface area contributed by atoms with Gasteiger partial charge in [-0.1, -0.05) is 38.5 Å². The fourth-order valence-corrected chi connectivity index (χ4v) is 4.33. The normalized spacial score (nSPS) is 15.1. The minimum Gasteiger partial charge on any atom is -0.343 e. The average Bonchev–Trinajstić information content (AvgIpc) is 3.20. The highest BCUT2D eigenvalue weighted by atomic mass is 32.2. The summed E-state index contributed by atoms with van der Waals surface area (Å²) in [6.07, 6.45) is 18.4. The highest BCUT2D eigenvalue weighted by Gasteiger charge is 2.24. The molecule has 0 aliphatic carbocycles. The Morgan fingerprint density at radius 1 is 1.04 bits per heavy atom. The smallest absolute Gasteiger partial charge is 0.222 e. The highest BCUT2D eigenvalue weighted by molar-refractivity contribution is 7.98. The summed E-state index contributed by atoms with van der Waals surface area (Å²) in [5.74, 6) is 1.65. The Hall–Kier alpha value is -1.30. The summed E-state index contributed by atoms with van der Waals surface area (Å²) in [4.78, 5) is 25.9. The molecule has 0 N–H and O–H groups in total. The second-order valence-electron chi connectivity index (χ2n) is 7.95. The van der Waals surface area contributed by atoms with Crippen LogP contribution >= 0.6 is 11.8 Å². The Morgan fingerprint density at radius 3 is 2.21 bits per heavy atom. The number of rotatable bonds is 13. The number of piperidine rings is 1. The Morgan fingerprint density at radius 2 is 1.64 bits per heavy atom. The summed E-state index contributed by atoms with van der Waals surface area (Å²) in [5.41, 5.74) is 0.665. The molecule has 1 amide bonds. The van der Waals surface area contributed by atoms with Gasteiger partial charge in [0.1, 0.15) is 0 Å². The van der Waals surface area contributed by atoms with E-state index in [-0.39, 0.29) is 5.78 Å². The maximum atomic E-state index is 12.4. The van der Waals surface area contributed by atoms with Crippen LogP contribution in [0.1, 0.15) is 94.0 Å². The zero-order valence-corrected chi connectivity index (χ0v) is 18.5. The second kappa shape index (κ2) is 13.0. The van der Waals surface area contributed by atoms with Gasteiger partial charge in [-0.2, -0.15) is 16.9 Å². The number of aromatic nitrogens is 2. The number of thioether (sulfide) groups is 1. The minimum atomic E-state index is 0.0504. The van der Waals surface area contributed by atoms with Crippen LogP contribution in [-0.4, -0.2) is 51.5 Å². The predicted molar refractivity (Wildman–Crippen MR) is 117 cm³/mol. The van der Waals surface area contributed by atoms with Crippen LogP contribution < -0.4 is 0 Å². The first-order valence-electron chi connectivity index (χ1n) is 10.9. The first kappa shape index (κ1) is 23.0. The molecule has 1 aromatic rings. The highest BCUT2D eigenvalue weighted by Crippen LogP contribution is 2.23. The maximum Gasteiger partial charge on any atom is 0.222 e. The van der Waals surface area contributed by atoms with Crippen LogP contribution in [0.4, 0.5) is 0 Å². The topological polar surface area (TPSA) is 55.2 Å². The lowest BCUT2D eigenvalue weighted by Crippen LogP contribution is -2.39. The van der Waals surface area contributed by atoms with E-state index in [0.717, 1.165) is 32.4 Å². The third kappa shape index (κ3) is 7.98. The van der Waals surface area contributed by atoms with Crippen molar-refractivity contribution in [2.45, 2.75) is 83.6 Å². The maximum absolute atomic E-state index is 12.4. The summed E-state index contributed by atoms with van der Waals surface area (Å²) in [6.45, 7) is 3.17. The molecule has 0 saturated carbocycles. The molecular weight excluding hydrogens is 370 g/mol. The van der Waals surface area contributed by atoms with Gasteiger partial charge in [-0.25, -0.2) is 0 Å². The third-order valence-corrected chi connectivity index (χ3v) is 6.39. The van der Waals surface area contributed by atoms with Gasteiger partial charge in [-0.3, -0.25) is 14.3 Å². The van der Waals surface area contributed by atoms with Crippen molar-refractivity contribution in [3.8, 4) is 0 Å². The molecule has 0 bridgehead atoms. The minimum absolute atomic E-state index is 0.0504. The van der Waals surface area contributed by atoms with Crippen molar-refractivity contribution in [3.05, 3.63) is 18.0 Å². The average molecular weight is 408 g/mol. The summed E-state index contributed by atoms with van der Waals surface area (Å²) in [6, 6.07) is 0.299. The van der Waals surface area contributed by atoms with E-state index in [4.69, 9.17) is 0 Å². The van der Waals surface area contributed by atoms with Gasteiger partial charge in [0, 0.05) is 25.7 Å². The van der Waals surface area contributed by atoms with Crippen LogP contribution in [0.15, 0.2) is 12.4 Å². The molecule has 1 saturated heterocycles. The number of nitrogens with zero attached hydrogens (tertiary/aromatic N) is 3. The fraction of sp³-hybridized carbons (Fsp3) is 0.773. The molecule has 5 nitrogen and oxygen atoms in total. The largest absolute Gasteiger partial charge is 0.343 e. The number of unbranched alkanes of at least 4 members (excludes halogenated alkanes) is 7. The molecule has 0 radical (unpaired) electrons. The molecule has 28 heavy (non-hydrogen) atoms. The number of amides is 1. The molecule has 1 aromatic heterocycles. The van der Waals surface area contributed by atoms with Crippen molar-refractivity contribution >= 4 is 23.5 Å². The molecule has 0 aromatic carbocycles. The molecule has 1 fully saturated rings. The van der Waals surface area contributed by atoms with Crippen LogP contribution in [0.3, 0.4) is 0 Å². The number of likely N-dealkylation sites (tertiary alicyclic amines) is 1. The van der Waals surface area contributed by atoms with E-state index in [1.807, 2.05) is 27.5 Å². The lowest BCUT2D eigenvalue weighted by atomic mass is 10.0. The molecule has 2 heterocycles. The van der Waals surface area contributed by atoms with Gasteiger partial charge >= 0.3 is 0 Å². The molecule has 158 valence electrons. The Bertz CT molecular complexity index is 594.